The van der Waals surface area contributed by atoms with Gasteiger partial charge in [-0.15, -0.1) is 11.6 Å². The number of nitrogens with zero attached hydrogens (tertiary/aromatic N) is 3. The molecule has 100 valence electrons. The van der Waals surface area contributed by atoms with Crippen molar-refractivity contribution in [3.63, 3.8) is 0 Å². The predicted molar refractivity (Wildman–Crippen MR) is 72.7 cm³/mol. The van der Waals surface area contributed by atoms with E-state index in [0.29, 0.717) is 17.4 Å². The molecule has 0 radical (unpaired) electrons. The van der Waals surface area contributed by atoms with Gasteiger partial charge in [-0.1, -0.05) is 0 Å². The first-order valence-corrected chi connectivity index (χ1v) is 6.77. The molecule has 5 heteroatoms. The third kappa shape index (κ3) is 2.75. The highest BCUT2D eigenvalue weighted by atomic mass is 35.5. The van der Waals surface area contributed by atoms with E-state index in [1.165, 1.54) is 0 Å². The van der Waals surface area contributed by atoms with Gasteiger partial charge in [0, 0.05) is 30.9 Å². The maximum Gasteiger partial charge on any atom is 0.170 e. The van der Waals surface area contributed by atoms with E-state index in [4.69, 9.17) is 11.6 Å². The summed E-state index contributed by atoms with van der Waals surface area (Å²) in [5, 5.41) is 0. The van der Waals surface area contributed by atoms with Crippen LogP contribution in [0.5, 0.6) is 0 Å². The summed E-state index contributed by atoms with van der Waals surface area (Å²) in [6, 6.07) is 1.98. The van der Waals surface area contributed by atoms with Crippen molar-refractivity contribution >= 4 is 17.4 Å². The van der Waals surface area contributed by atoms with Crippen LogP contribution in [0.4, 0.5) is 10.2 Å². The van der Waals surface area contributed by atoms with Crippen LogP contribution in [0.1, 0.15) is 18.4 Å². The third-order valence-electron chi connectivity index (χ3n) is 3.32. The maximum absolute atomic E-state index is 14.2. The van der Waals surface area contributed by atoms with Crippen molar-refractivity contribution in [2.75, 3.05) is 32.1 Å². The van der Waals surface area contributed by atoms with Crippen molar-refractivity contribution in [2.24, 2.45) is 0 Å². The number of rotatable bonds is 4. The minimum absolute atomic E-state index is 0.188. The Kier molecular flexibility index (Phi) is 4.40. The van der Waals surface area contributed by atoms with Crippen LogP contribution in [0.25, 0.3) is 0 Å². The van der Waals surface area contributed by atoms with E-state index in [2.05, 4.69) is 14.8 Å². The number of hydrogen-bond acceptors (Lipinski definition) is 3. The lowest BCUT2D eigenvalue weighted by atomic mass is 10.2. The van der Waals surface area contributed by atoms with Crippen LogP contribution in [0, 0.1) is 5.82 Å². The Labute approximate surface area is 113 Å². The molecule has 3 nitrogen and oxygen atoms in total. The Morgan fingerprint density at radius 2 is 2.33 bits per heavy atom. The minimum atomic E-state index is -0.266. The van der Waals surface area contributed by atoms with Crippen LogP contribution in [0.2, 0.25) is 0 Å². The van der Waals surface area contributed by atoms with E-state index < -0.39 is 0 Å². The van der Waals surface area contributed by atoms with Gasteiger partial charge in [-0.2, -0.15) is 0 Å². The second kappa shape index (κ2) is 5.85. The van der Waals surface area contributed by atoms with Gasteiger partial charge >= 0.3 is 0 Å². The molecule has 0 aliphatic carbocycles. The van der Waals surface area contributed by atoms with Gasteiger partial charge in [-0.25, -0.2) is 9.37 Å². The highest BCUT2D eigenvalue weighted by Crippen LogP contribution is 2.28. The Bertz CT molecular complexity index is 411. The zero-order chi connectivity index (χ0) is 13.1. The SMILES string of the molecule is CN(C)CC1CCCN1c1nccc(CCl)c1F. The van der Waals surface area contributed by atoms with Crippen molar-refractivity contribution in [2.45, 2.75) is 24.8 Å². The molecular weight excluding hydrogens is 253 g/mol. The van der Waals surface area contributed by atoms with Gasteiger partial charge in [-0.3, -0.25) is 0 Å². The van der Waals surface area contributed by atoms with E-state index in [9.17, 15) is 4.39 Å². The van der Waals surface area contributed by atoms with E-state index in [-0.39, 0.29) is 11.7 Å². The van der Waals surface area contributed by atoms with Crippen LogP contribution in [-0.2, 0) is 5.88 Å². The summed E-state index contributed by atoms with van der Waals surface area (Å²) in [6.45, 7) is 1.79. The zero-order valence-electron chi connectivity index (χ0n) is 10.9. The molecule has 0 N–H and O–H groups in total. The number of likely N-dealkylation sites (N-methyl/N-ethyl adjacent to an activating group) is 1. The minimum Gasteiger partial charge on any atom is -0.350 e. The predicted octanol–water partition coefficient (Wildman–Crippen LogP) is 2.49. The summed E-state index contributed by atoms with van der Waals surface area (Å²) in [4.78, 5) is 8.41. The standard InChI is InChI=1S/C13H19ClFN3/c1-17(2)9-11-4-3-7-18(11)13-12(15)10(8-14)5-6-16-13/h5-6,11H,3-4,7-9H2,1-2H3. The summed E-state index contributed by atoms with van der Waals surface area (Å²) < 4.78 is 14.2. The summed E-state index contributed by atoms with van der Waals surface area (Å²) in [5.74, 6) is 0.378. The molecule has 0 amide bonds. The van der Waals surface area contributed by atoms with Gasteiger partial charge in [0.25, 0.3) is 0 Å². The van der Waals surface area contributed by atoms with Gasteiger partial charge in [-0.05, 0) is 33.0 Å². The van der Waals surface area contributed by atoms with Crippen LogP contribution >= 0.6 is 11.6 Å². The molecule has 1 fully saturated rings. The quantitative estimate of drug-likeness (QED) is 0.785. The molecular formula is C13H19ClFN3. The number of hydrogen-bond donors (Lipinski definition) is 0. The number of anilines is 1. The molecule has 1 aliphatic heterocycles. The van der Waals surface area contributed by atoms with Gasteiger partial charge < -0.3 is 9.80 Å². The normalized spacial score (nSPS) is 19.8. The summed E-state index contributed by atoms with van der Waals surface area (Å²) in [5.41, 5.74) is 0.525. The van der Waals surface area contributed by atoms with E-state index in [1.54, 1.807) is 12.3 Å². The average molecular weight is 272 g/mol. The third-order valence-corrected chi connectivity index (χ3v) is 3.61. The van der Waals surface area contributed by atoms with Gasteiger partial charge in [0.1, 0.15) is 0 Å². The number of pyridine rings is 1. The van der Waals surface area contributed by atoms with Gasteiger partial charge in [0.2, 0.25) is 0 Å². The zero-order valence-corrected chi connectivity index (χ0v) is 11.6. The molecule has 2 heterocycles. The molecule has 0 aromatic carbocycles. The molecule has 1 saturated heterocycles. The van der Waals surface area contributed by atoms with Gasteiger partial charge in [0.15, 0.2) is 11.6 Å². The fraction of sp³-hybridized carbons (Fsp3) is 0.615. The van der Waals surface area contributed by atoms with Crippen molar-refractivity contribution in [3.05, 3.63) is 23.6 Å². The molecule has 2 rings (SSSR count). The molecule has 1 aliphatic rings. The first-order chi connectivity index (χ1) is 8.63. The fourth-order valence-corrected chi connectivity index (χ4v) is 2.71. The van der Waals surface area contributed by atoms with Crippen LogP contribution < -0.4 is 4.90 Å². The van der Waals surface area contributed by atoms with Crippen LogP contribution in [-0.4, -0.2) is 43.1 Å². The van der Waals surface area contributed by atoms with E-state index in [0.717, 1.165) is 25.9 Å². The van der Waals surface area contributed by atoms with Gasteiger partial charge in [0.05, 0.1) is 5.88 Å². The Hall–Kier alpha value is -0.870. The number of halogens is 2. The molecule has 1 unspecified atom stereocenters. The number of aromatic nitrogens is 1. The molecule has 1 atom stereocenters. The van der Waals surface area contributed by atoms with E-state index in [1.807, 2.05) is 14.1 Å². The highest BCUT2D eigenvalue weighted by molar-refractivity contribution is 6.17. The Morgan fingerprint density at radius 1 is 1.56 bits per heavy atom. The Balaban J connectivity index is 2.24. The average Bonchev–Trinajstić information content (AvgIpc) is 2.76. The Morgan fingerprint density at radius 3 is 3.00 bits per heavy atom. The lowest BCUT2D eigenvalue weighted by Crippen LogP contribution is -2.38. The second-order valence-corrected chi connectivity index (χ2v) is 5.26. The lowest BCUT2D eigenvalue weighted by molar-refractivity contribution is 0.370. The molecule has 18 heavy (non-hydrogen) atoms. The molecule has 1 aromatic rings. The molecule has 0 saturated carbocycles. The fourth-order valence-electron chi connectivity index (χ4n) is 2.50. The summed E-state index contributed by atoms with van der Waals surface area (Å²) >= 11 is 5.74. The van der Waals surface area contributed by atoms with E-state index >= 15 is 0 Å². The highest BCUT2D eigenvalue weighted by Gasteiger charge is 2.28. The maximum atomic E-state index is 14.2. The first kappa shape index (κ1) is 13.6. The smallest absolute Gasteiger partial charge is 0.170 e. The largest absolute Gasteiger partial charge is 0.350 e. The lowest BCUT2D eigenvalue weighted by Gasteiger charge is -2.28. The summed E-state index contributed by atoms with van der Waals surface area (Å²) in [7, 11) is 4.07. The van der Waals surface area contributed by atoms with Crippen molar-refractivity contribution in [3.8, 4) is 0 Å². The summed E-state index contributed by atoms with van der Waals surface area (Å²) in [6.07, 6.45) is 3.82. The first-order valence-electron chi connectivity index (χ1n) is 6.24. The monoisotopic (exact) mass is 271 g/mol. The molecule has 0 bridgehead atoms. The van der Waals surface area contributed by atoms with Crippen molar-refractivity contribution in [1.82, 2.24) is 9.88 Å². The number of alkyl halides is 1. The second-order valence-electron chi connectivity index (χ2n) is 4.99. The molecule has 1 aromatic heterocycles. The van der Waals surface area contributed by atoms with Crippen LogP contribution in [0.15, 0.2) is 12.3 Å². The van der Waals surface area contributed by atoms with Crippen LogP contribution in [0.3, 0.4) is 0 Å². The van der Waals surface area contributed by atoms with Crippen molar-refractivity contribution < 1.29 is 4.39 Å². The molecule has 0 spiro atoms. The topological polar surface area (TPSA) is 19.4 Å². The van der Waals surface area contributed by atoms with Crippen molar-refractivity contribution in [1.29, 1.82) is 0 Å².